The molecule has 0 spiro atoms. The molecular weight excluding hydrogens is 400 g/mol. The number of rotatable bonds is 9. The first kappa shape index (κ1) is 23.9. The van der Waals surface area contributed by atoms with Gasteiger partial charge in [-0.25, -0.2) is 12.7 Å². The average molecular weight is 433 g/mol. The number of amides is 1. The summed E-state index contributed by atoms with van der Waals surface area (Å²) in [7, 11) is 0.962. The van der Waals surface area contributed by atoms with Crippen molar-refractivity contribution in [2.75, 3.05) is 21.2 Å². The summed E-state index contributed by atoms with van der Waals surface area (Å²) >= 11 is 0. The first-order valence-corrected chi connectivity index (χ1v) is 11.5. The highest BCUT2D eigenvalue weighted by atomic mass is 32.2. The van der Waals surface area contributed by atoms with Crippen LogP contribution in [0.15, 0.2) is 41.3 Å². The van der Waals surface area contributed by atoms with E-state index in [9.17, 15) is 13.2 Å². The van der Waals surface area contributed by atoms with E-state index < -0.39 is 10.0 Å². The van der Waals surface area contributed by atoms with Crippen molar-refractivity contribution in [1.82, 2.24) is 9.62 Å². The average Bonchev–Trinajstić information content (AvgIpc) is 2.70. The van der Waals surface area contributed by atoms with Crippen LogP contribution in [0.1, 0.15) is 48.1 Å². The van der Waals surface area contributed by atoms with Gasteiger partial charge in [-0.1, -0.05) is 30.7 Å². The summed E-state index contributed by atoms with van der Waals surface area (Å²) in [5.41, 5.74) is 4.16. The first-order chi connectivity index (χ1) is 14.1. The van der Waals surface area contributed by atoms with Gasteiger partial charge < -0.3 is 10.1 Å². The standard InChI is InChI=1S/C23H32N2O4S/c1-7-21(20-11-8-16(2)14-17(20)3)24-23(26)13-9-18-15-19(10-12-22(18)29-6)30(27,28)25(4)5/h8,10-12,14-15,21H,7,9,13H2,1-6H3,(H,24,26). The number of aryl methyl sites for hydroxylation is 3. The maximum atomic E-state index is 12.6. The Morgan fingerprint density at radius 3 is 2.40 bits per heavy atom. The van der Waals surface area contributed by atoms with Crippen molar-refractivity contribution in [3.05, 3.63) is 58.7 Å². The van der Waals surface area contributed by atoms with Crippen LogP contribution in [0.4, 0.5) is 0 Å². The lowest BCUT2D eigenvalue weighted by atomic mass is 9.97. The van der Waals surface area contributed by atoms with Crippen LogP contribution in [-0.4, -0.2) is 39.8 Å². The molecule has 6 nitrogen and oxygen atoms in total. The van der Waals surface area contributed by atoms with Crippen molar-refractivity contribution in [2.45, 2.75) is 51.0 Å². The van der Waals surface area contributed by atoms with Crippen molar-refractivity contribution in [3.63, 3.8) is 0 Å². The van der Waals surface area contributed by atoms with Gasteiger partial charge >= 0.3 is 0 Å². The van der Waals surface area contributed by atoms with Gasteiger partial charge in [0.05, 0.1) is 18.0 Å². The van der Waals surface area contributed by atoms with Gasteiger partial charge in [0, 0.05) is 20.5 Å². The Labute approximate surface area is 180 Å². The van der Waals surface area contributed by atoms with Crippen molar-refractivity contribution >= 4 is 15.9 Å². The summed E-state index contributed by atoms with van der Waals surface area (Å²) in [5, 5.41) is 3.11. The van der Waals surface area contributed by atoms with Crippen LogP contribution >= 0.6 is 0 Å². The second kappa shape index (κ2) is 10.1. The van der Waals surface area contributed by atoms with E-state index in [-0.39, 0.29) is 23.3 Å². The van der Waals surface area contributed by atoms with Gasteiger partial charge in [0.25, 0.3) is 0 Å². The molecule has 0 saturated heterocycles. The highest BCUT2D eigenvalue weighted by molar-refractivity contribution is 7.89. The third kappa shape index (κ3) is 5.61. The van der Waals surface area contributed by atoms with E-state index in [1.807, 2.05) is 13.8 Å². The lowest BCUT2D eigenvalue weighted by molar-refractivity contribution is -0.121. The molecule has 0 bridgehead atoms. The van der Waals surface area contributed by atoms with E-state index in [0.29, 0.717) is 17.7 Å². The zero-order chi connectivity index (χ0) is 22.5. The van der Waals surface area contributed by atoms with Crippen molar-refractivity contribution in [3.8, 4) is 5.75 Å². The number of hydrogen-bond donors (Lipinski definition) is 1. The lowest BCUT2D eigenvalue weighted by Crippen LogP contribution is -2.29. The fourth-order valence-electron chi connectivity index (χ4n) is 3.45. The quantitative estimate of drug-likeness (QED) is 0.655. The zero-order valence-electron chi connectivity index (χ0n) is 18.7. The normalized spacial score (nSPS) is 12.6. The van der Waals surface area contributed by atoms with Gasteiger partial charge in [-0.15, -0.1) is 0 Å². The highest BCUT2D eigenvalue weighted by Crippen LogP contribution is 2.26. The SMILES string of the molecule is CCC(NC(=O)CCc1cc(S(=O)(=O)N(C)C)ccc1OC)c1ccc(C)cc1C. The maximum Gasteiger partial charge on any atom is 0.242 e. The molecule has 30 heavy (non-hydrogen) atoms. The first-order valence-electron chi connectivity index (χ1n) is 10.1. The summed E-state index contributed by atoms with van der Waals surface area (Å²) in [6.07, 6.45) is 1.41. The minimum absolute atomic E-state index is 0.0551. The number of nitrogens with zero attached hydrogens (tertiary/aromatic N) is 1. The molecule has 1 amide bonds. The van der Waals surface area contributed by atoms with Crippen LogP contribution in [0.2, 0.25) is 0 Å². The number of sulfonamides is 1. The number of methoxy groups -OCH3 is 1. The van der Waals surface area contributed by atoms with Crippen LogP contribution in [-0.2, 0) is 21.2 Å². The van der Waals surface area contributed by atoms with Gasteiger partial charge in [0.15, 0.2) is 0 Å². The van der Waals surface area contributed by atoms with E-state index in [1.165, 1.54) is 37.1 Å². The molecule has 0 aliphatic carbocycles. The van der Waals surface area contributed by atoms with E-state index in [4.69, 9.17) is 4.74 Å². The van der Waals surface area contributed by atoms with E-state index in [2.05, 4.69) is 30.4 Å². The predicted molar refractivity (Wildman–Crippen MR) is 119 cm³/mol. The van der Waals surface area contributed by atoms with E-state index in [0.717, 1.165) is 17.5 Å². The van der Waals surface area contributed by atoms with Gasteiger partial charge in [-0.3, -0.25) is 4.79 Å². The molecule has 1 unspecified atom stereocenters. The predicted octanol–water partition coefficient (Wildman–Crippen LogP) is 3.76. The Kier molecular flexibility index (Phi) is 8.03. The van der Waals surface area contributed by atoms with Crippen LogP contribution in [0, 0.1) is 13.8 Å². The molecule has 0 aliphatic heterocycles. The number of benzene rings is 2. The summed E-state index contributed by atoms with van der Waals surface area (Å²) < 4.78 is 31.4. The van der Waals surface area contributed by atoms with Crippen LogP contribution in [0.25, 0.3) is 0 Å². The number of carbonyl (C=O) groups is 1. The molecule has 2 aromatic rings. The number of hydrogen-bond acceptors (Lipinski definition) is 4. The highest BCUT2D eigenvalue weighted by Gasteiger charge is 2.20. The van der Waals surface area contributed by atoms with Crippen molar-refractivity contribution in [2.24, 2.45) is 0 Å². The Bertz CT molecular complexity index is 1000. The molecule has 0 aromatic heterocycles. The van der Waals surface area contributed by atoms with Gasteiger partial charge in [-0.2, -0.15) is 0 Å². The number of carbonyl (C=O) groups excluding carboxylic acids is 1. The largest absolute Gasteiger partial charge is 0.496 e. The van der Waals surface area contributed by atoms with Gasteiger partial charge in [-0.05, 0) is 61.6 Å². The second-order valence-corrected chi connectivity index (χ2v) is 9.80. The Morgan fingerprint density at radius 2 is 1.83 bits per heavy atom. The molecule has 2 aromatic carbocycles. The minimum atomic E-state index is -3.55. The fourth-order valence-corrected chi connectivity index (χ4v) is 4.41. The molecular formula is C23H32N2O4S. The van der Waals surface area contributed by atoms with Crippen LogP contribution in [0.3, 0.4) is 0 Å². The molecule has 1 N–H and O–H groups in total. The Hall–Kier alpha value is -2.38. The molecule has 164 valence electrons. The van der Waals surface area contributed by atoms with E-state index in [1.54, 1.807) is 12.1 Å². The Balaban J connectivity index is 2.14. The zero-order valence-corrected chi connectivity index (χ0v) is 19.5. The third-order valence-corrected chi connectivity index (χ3v) is 7.01. The van der Waals surface area contributed by atoms with Crippen molar-refractivity contribution < 1.29 is 17.9 Å². The Morgan fingerprint density at radius 1 is 1.13 bits per heavy atom. The molecule has 0 fully saturated rings. The molecule has 7 heteroatoms. The molecule has 2 rings (SSSR count). The summed E-state index contributed by atoms with van der Waals surface area (Å²) in [4.78, 5) is 12.8. The fraction of sp³-hybridized carbons (Fsp3) is 0.435. The third-order valence-electron chi connectivity index (χ3n) is 5.20. The topological polar surface area (TPSA) is 75.7 Å². The number of nitrogens with one attached hydrogen (secondary N) is 1. The summed E-state index contributed by atoms with van der Waals surface area (Å²) in [6, 6.07) is 10.9. The molecule has 0 heterocycles. The summed E-state index contributed by atoms with van der Waals surface area (Å²) in [5.74, 6) is 0.492. The van der Waals surface area contributed by atoms with Gasteiger partial charge in [0.1, 0.15) is 5.75 Å². The van der Waals surface area contributed by atoms with Crippen LogP contribution in [0.5, 0.6) is 5.75 Å². The monoisotopic (exact) mass is 432 g/mol. The van der Waals surface area contributed by atoms with E-state index >= 15 is 0 Å². The van der Waals surface area contributed by atoms with Crippen molar-refractivity contribution in [1.29, 1.82) is 0 Å². The molecule has 0 saturated carbocycles. The molecule has 0 aliphatic rings. The maximum absolute atomic E-state index is 12.6. The second-order valence-electron chi connectivity index (χ2n) is 7.65. The number of ether oxygens (including phenoxy) is 1. The smallest absolute Gasteiger partial charge is 0.242 e. The molecule has 1 atom stereocenters. The summed E-state index contributed by atoms with van der Waals surface area (Å²) in [6.45, 7) is 6.15. The lowest BCUT2D eigenvalue weighted by Gasteiger charge is -2.20. The minimum Gasteiger partial charge on any atom is -0.496 e. The molecule has 0 radical (unpaired) electrons. The van der Waals surface area contributed by atoms with Gasteiger partial charge in [0.2, 0.25) is 15.9 Å². The van der Waals surface area contributed by atoms with Crippen LogP contribution < -0.4 is 10.1 Å².